The first-order valence-corrected chi connectivity index (χ1v) is 9.89. The third-order valence-corrected chi connectivity index (χ3v) is 6.07. The highest BCUT2D eigenvalue weighted by Crippen LogP contribution is 2.41. The summed E-state index contributed by atoms with van der Waals surface area (Å²) in [4.78, 5) is 24.9. The quantitative estimate of drug-likeness (QED) is 0.803. The molecule has 5 heteroatoms. The number of fused-ring (bicyclic) bond motifs is 1. The molecule has 27 heavy (non-hydrogen) atoms. The lowest BCUT2D eigenvalue weighted by molar-refractivity contribution is -0.125. The Morgan fingerprint density at radius 2 is 1.89 bits per heavy atom. The highest BCUT2D eigenvalue weighted by atomic mass is 35.5. The Labute approximate surface area is 164 Å². The Balaban J connectivity index is 1.37. The van der Waals surface area contributed by atoms with Crippen molar-refractivity contribution in [1.82, 2.24) is 5.32 Å². The van der Waals surface area contributed by atoms with Gasteiger partial charge < -0.3 is 10.6 Å². The minimum Gasteiger partial charge on any atom is -0.347 e. The van der Waals surface area contributed by atoms with E-state index in [-0.39, 0.29) is 23.3 Å². The highest BCUT2D eigenvalue weighted by molar-refractivity contribution is 6.30. The van der Waals surface area contributed by atoms with Gasteiger partial charge >= 0.3 is 0 Å². The second-order valence-corrected chi connectivity index (χ2v) is 8.01. The van der Waals surface area contributed by atoms with Gasteiger partial charge in [-0.3, -0.25) is 9.59 Å². The van der Waals surface area contributed by atoms with E-state index in [0.29, 0.717) is 24.3 Å². The molecule has 1 saturated carbocycles. The van der Waals surface area contributed by atoms with Crippen LogP contribution in [0, 0.1) is 5.92 Å². The zero-order valence-corrected chi connectivity index (χ0v) is 15.9. The van der Waals surface area contributed by atoms with Crippen LogP contribution in [0.15, 0.2) is 48.5 Å². The Kier molecular flexibility index (Phi) is 4.92. The Morgan fingerprint density at radius 3 is 2.59 bits per heavy atom. The molecule has 0 saturated heterocycles. The molecular formula is C22H23ClN2O2. The fourth-order valence-electron chi connectivity index (χ4n) is 4.07. The fourth-order valence-corrected chi connectivity index (χ4v) is 4.19. The summed E-state index contributed by atoms with van der Waals surface area (Å²) in [5.74, 6) is -0.132. The van der Waals surface area contributed by atoms with Crippen molar-refractivity contribution in [2.45, 2.75) is 44.1 Å². The highest BCUT2D eigenvalue weighted by Gasteiger charge is 2.40. The van der Waals surface area contributed by atoms with Gasteiger partial charge in [0, 0.05) is 23.0 Å². The molecule has 140 valence electrons. The monoisotopic (exact) mass is 382 g/mol. The summed E-state index contributed by atoms with van der Waals surface area (Å²) >= 11 is 5.99. The van der Waals surface area contributed by atoms with Gasteiger partial charge in [0.25, 0.3) is 0 Å². The number of nitrogens with one attached hydrogen (secondary N) is 2. The number of para-hydroxylation sites is 1. The molecule has 0 radical (unpaired) electrons. The Morgan fingerprint density at radius 1 is 1.15 bits per heavy atom. The molecule has 1 atom stereocenters. The van der Waals surface area contributed by atoms with E-state index in [1.807, 2.05) is 48.5 Å². The summed E-state index contributed by atoms with van der Waals surface area (Å²) in [6, 6.07) is 15.6. The second-order valence-electron chi connectivity index (χ2n) is 7.58. The number of anilines is 1. The van der Waals surface area contributed by atoms with Crippen molar-refractivity contribution in [1.29, 1.82) is 0 Å². The van der Waals surface area contributed by atoms with Crippen LogP contribution in [0.2, 0.25) is 5.02 Å². The van der Waals surface area contributed by atoms with Gasteiger partial charge in [-0.25, -0.2) is 0 Å². The number of carbonyl (C=O) groups is 2. The van der Waals surface area contributed by atoms with Gasteiger partial charge in [0.1, 0.15) is 0 Å². The van der Waals surface area contributed by atoms with Crippen LogP contribution in [0.5, 0.6) is 0 Å². The maximum absolute atomic E-state index is 12.6. The molecule has 1 aliphatic carbocycles. The van der Waals surface area contributed by atoms with Crippen molar-refractivity contribution in [3.8, 4) is 0 Å². The minimum atomic E-state index is -0.275. The molecule has 2 aromatic carbocycles. The van der Waals surface area contributed by atoms with Crippen LogP contribution < -0.4 is 10.6 Å². The first-order valence-electron chi connectivity index (χ1n) is 9.52. The molecule has 0 aromatic heterocycles. The normalized spacial score (nSPS) is 20.2. The molecule has 2 N–H and O–H groups in total. The number of hydrogen-bond donors (Lipinski definition) is 2. The fraction of sp³-hybridized carbons (Fsp3) is 0.364. The van der Waals surface area contributed by atoms with Crippen LogP contribution in [0.25, 0.3) is 0 Å². The van der Waals surface area contributed by atoms with E-state index in [1.54, 1.807) is 0 Å². The Bertz CT molecular complexity index is 859. The maximum Gasteiger partial charge on any atom is 0.227 e. The zero-order valence-electron chi connectivity index (χ0n) is 15.1. The standard InChI is InChI=1S/C22H23ClN2O2/c23-18-9-7-17(8-10-18)22(12-3-13-22)25-20(26)11-6-16-14-15-4-1-2-5-19(15)24-21(16)27/h1-2,4-5,7-10,16H,3,6,11-14H2,(H,24,27)(H,25,26). The van der Waals surface area contributed by atoms with Gasteiger partial charge in [-0.05, 0) is 61.4 Å². The minimum absolute atomic E-state index is 0.0105. The molecule has 4 rings (SSSR count). The number of hydrogen-bond acceptors (Lipinski definition) is 2. The van der Waals surface area contributed by atoms with E-state index in [1.165, 1.54) is 0 Å². The van der Waals surface area contributed by atoms with Crippen LogP contribution in [0.4, 0.5) is 5.69 Å². The van der Waals surface area contributed by atoms with Gasteiger partial charge in [0.2, 0.25) is 11.8 Å². The molecule has 1 unspecified atom stereocenters. The number of rotatable bonds is 5. The van der Waals surface area contributed by atoms with E-state index in [9.17, 15) is 9.59 Å². The molecule has 0 bridgehead atoms. The lowest BCUT2D eigenvalue weighted by Crippen LogP contribution is -2.50. The number of halogens is 1. The summed E-state index contributed by atoms with van der Waals surface area (Å²) in [5, 5.41) is 6.88. The lowest BCUT2D eigenvalue weighted by Gasteiger charge is -2.43. The first kappa shape index (κ1) is 18.1. The molecule has 2 aliphatic rings. The van der Waals surface area contributed by atoms with Crippen LogP contribution in [0.1, 0.15) is 43.2 Å². The Hall–Kier alpha value is -2.33. The molecular weight excluding hydrogens is 360 g/mol. The van der Waals surface area contributed by atoms with Crippen molar-refractivity contribution in [2.24, 2.45) is 5.92 Å². The van der Waals surface area contributed by atoms with E-state index >= 15 is 0 Å². The van der Waals surface area contributed by atoms with Crippen LogP contribution in [0.3, 0.4) is 0 Å². The first-order chi connectivity index (χ1) is 13.1. The summed E-state index contributed by atoms with van der Waals surface area (Å²) in [7, 11) is 0. The summed E-state index contributed by atoms with van der Waals surface area (Å²) in [5.41, 5.74) is 2.86. The topological polar surface area (TPSA) is 58.2 Å². The van der Waals surface area contributed by atoms with Crippen molar-refractivity contribution in [3.05, 3.63) is 64.7 Å². The SMILES string of the molecule is O=C(CCC1Cc2ccccc2NC1=O)NC1(c2ccc(Cl)cc2)CCC1. The van der Waals surface area contributed by atoms with Gasteiger partial charge in [-0.15, -0.1) is 0 Å². The largest absolute Gasteiger partial charge is 0.347 e. The zero-order chi connectivity index (χ0) is 18.9. The van der Waals surface area contributed by atoms with Crippen molar-refractivity contribution >= 4 is 29.1 Å². The second kappa shape index (κ2) is 7.35. The van der Waals surface area contributed by atoms with Crippen LogP contribution >= 0.6 is 11.6 Å². The van der Waals surface area contributed by atoms with E-state index in [2.05, 4.69) is 10.6 Å². The van der Waals surface area contributed by atoms with Crippen molar-refractivity contribution in [2.75, 3.05) is 5.32 Å². The van der Waals surface area contributed by atoms with Gasteiger partial charge in [0.15, 0.2) is 0 Å². The van der Waals surface area contributed by atoms with Crippen LogP contribution in [-0.2, 0) is 21.5 Å². The predicted molar refractivity (Wildman–Crippen MR) is 107 cm³/mol. The maximum atomic E-state index is 12.6. The van der Waals surface area contributed by atoms with E-state index in [4.69, 9.17) is 11.6 Å². The number of benzene rings is 2. The van der Waals surface area contributed by atoms with Crippen molar-refractivity contribution in [3.63, 3.8) is 0 Å². The summed E-state index contributed by atoms with van der Waals surface area (Å²) in [6.45, 7) is 0. The molecule has 2 amide bonds. The van der Waals surface area contributed by atoms with Gasteiger partial charge in [-0.1, -0.05) is 41.9 Å². The van der Waals surface area contributed by atoms with E-state index in [0.717, 1.165) is 36.1 Å². The van der Waals surface area contributed by atoms with Gasteiger partial charge in [0.05, 0.1) is 5.54 Å². The number of carbonyl (C=O) groups excluding carboxylic acids is 2. The smallest absolute Gasteiger partial charge is 0.227 e. The van der Waals surface area contributed by atoms with Gasteiger partial charge in [-0.2, -0.15) is 0 Å². The molecule has 0 spiro atoms. The average Bonchev–Trinajstić information content (AvgIpc) is 2.64. The average molecular weight is 383 g/mol. The molecule has 1 aliphatic heterocycles. The summed E-state index contributed by atoms with van der Waals surface area (Å²) in [6.07, 6.45) is 4.59. The molecule has 2 aromatic rings. The third-order valence-electron chi connectivity index (χ3n) is 5.81. The predicted octanol–water partition coefficient (Wildman–Crippen LogP) is 4.43. The van der Waals surface area contributed by atoms with E-state index < -0.39 is 0 Å². The van der Waals surface area contributed by atoms with Crippen molar-refractivity contribution < 1.29 is 9.59 Å². The third kappa shape index (κ3) is 3.72. The molecule has 1 heterocycles. The lowest BCUT2D eigenvalue weighted by atomic mass is 9.71. The number of amides is 2. The van der Waals surface area contributed by atoms with Crippen LogP contribution in [-0.4, -0.2) is 11.8 Å². The molecule has 4 nitrogen and oxygen atoms in total. The summed E-state index contributed by atoms with van der Waals surface area (Å²) < 4.78 is 0. The molecule has 1 fully saturated rings.